The molecule has 2 aromatic carbocycles. The molecule has 4 rings (SSSR count). The second kappa shape index (κ2) is 6.71. The van der Waals surface area contributed by atoms with Crippen LogP contribution < -0.4 is 14.2 Å². The molecule has 24 heavy (non-hydrogen) atoms. The molecule has 0 N–H and O–H groups in total. The maximum Gasteiger partial charge on any atom is 0.231 e. The van der Waals surface area contributed by atoms with Crippen LogP contribution in [0.1, 0.15) is 17.2 Å². The van der Waals surface area contributed by atoms with E-state index in [1.807, 2.05) is 24.3 Å². The second-order valence-electron chi connectivity index (χ2n) is 6.00. The predicted octanol–water partition coefficient (Wildman–Crippen LogP) is 3.33. The van der Waals surface area contributed by atoms with E-state index in [0.29, 0.717) is 20.2 Å². The van der Waals surface area contributed by atoms with Crippen molar-refractivity contribution in [3.63, 3.8) is 0 Å². The topological polar surface area (TPSA) is 46.2 Å². The fraction of sp³-hybridized carbons (Fsp3) is 0.368. The van der Waals surface area contributed by atoms with Crippen LogP contribution in [0, 0.1) is 5.92 Å². The summed E-state index contributed by atoms with van der Waals surface area (Å²) in [5, 5.41) is 0. The van der Waals surface area contributed by atoms with Gasteiger partial charge in [-0.05, 0) is 41.8 Å². The molecule has 2 aliphatic heterocycles. The van der Waals surface area contributed by atoms with Crippen LogP contribution in [0.3, 0.4) is 0 Å². The van der Waals surface area contributed by atoms with E-state index in [1.54, 1.807) is 7.11 Å². The third-order valence-corrected chi connectivity index (χ3v) is 4.47. The fourth-order valence-corrected chi connectivity index (χ4v) is 3.24. The van der Waals surface area contributed by atoms with Crippen molar-refractivity contribution in [3.8, 4) is 17.2 Å². The van der Waals surface area contributed by atoms with Gasteiger partial charge in [0.2, 0.25) is 6.79 Å². The number of hydrogen-bond donors (Lipinski definition) is 0. The van der Waals surface area contributed by atoms with Crippen molar-refractivity contribution < 1.29 is 23.7 Å². The lowest BCUT2D eigenvalue weighted by molar-refractivity contribution is -0.172. The monoisotopic (exact) mass is 328 g/mol. The van der Waals surface area contributed by atoms with Gasteiger partial charge in [-0.1, -0.05) is 18.2 Å². The highest BCUT2D eigenvalue weighted by molar-refractivity contribution is 5.44. The summed E-state index contributed by atoms with van der Waals surface area (Å²) in [7, 11) is 1.67. The molecule has 2 heterocycles. The largest absolute Gasteiger partial charge is 0.497 e. The molecule has 0 unspecified atom stereocenters. The first-order chi connectivity index (χ1) is 11.8. The average molecular weight is 328 g/mol. The van der Waals surface area contributed by atoms with Crippen molar-refractivity contribution in [2.24, 2.45) is 5.92 Å². The summed E-state index contributed by atoms with van der Waals surface area (Å²) >= 11 is 0. The first-order valence-corrected chi connectivity index (χ1v) is 8.05. The first kappa shape index (κ1) is 15.3. The Morgan fingerprint density at radius 3 is 2.67 bits per heavy atom. The Bertz CT molecular complexity index is 697. The summed E-state index contributed by atoms with van der Waals surface area (Å²) in [6, 6.07) is 14.1. The van der Waals surface area contributed by atoms with Gasteiger partial charge in [-0.3, -0.25) is 0 Å². The SMILES string of the molecule is COc1ccc([C@@H]2OCOC[C@H]2Cc2ccc3c(c2)OCO3)cc1. The molecule has 2 aromatic rings. The van der Waals surface area contributed by atoms with Gasteiger partial charge >= 0.3 is 0 Å². The highest BCUT2D eigenvalue weighted by atomic mass is 16.7. The van der Waals surface area contributed by atoms with Crippen molar-refractivity contribution in [2.45, 2.75) is 12.5 Å². The van der Waals surface area contributed by atoms with Crippen LogP contribution in [-0.2, 0) is 15.9 Å². The highest BCUT2D eigenvalue weighted by Crippen LogP contribution is 2.36. The van der Waals surface area contributed by atoms with E-state index in [2.05, 4.69) is 18.2 Å². The molecule has 1 fully saturated rings. The van der Waals surface area contributed by atoms with Crippen LogP contribution in [0.25, 0.3) is 0 Å². The molecule has 0 aliphatic carbocycles. The molecule has 0 amide bonds. The minimum atomic E-state index is 0.00933. The normalized spacial score (nSPS) is 22.4. The minimum absolute atomic E-state index is 0.00933. The van der Waals surface area contributed by atoms with E-state index >= 15 is 0 Å². The number of benzene rings is 2. The van der Waals surface area contributed by atoms with Gasteiger partial charge in [-0.25, -0.2) is 0 Å². The van der Waals surface area contributed by atoms with E-state index < -0.39 is 0 Å². The van der Waals surface area contributed by atoms with E-state index in [9.17, 15) is 0 Å². The molecule has 2 atom stereocenters. The van der Waals surface area contributed by atoms with Crippen molar-refractivity contribution in [2.75, 3.05) is 27.3 Å². The van der Waals surface area contributed by atoms with Crippen molar-refractivity contribution >= 4 is 0 Å². The van der Waals surface area contributed by atoms with Crippen molar-refractivity contribution in [1.82, 2.24) is 0 Å². The summed E-state index contributed by atoms with van der Waals surface area (Å²) < 4.78 is 27.5. The maximum atomic E-state index is 5.90. The van der Waals surface area contributed by atoms with E-state index in [0.717, 1.165) is 29.2 Å². The first-order valence-electron chi connectivity index (χ1n) is 8.05. The third kappa shape index (κ3) is 3.05. The fourth-order valence-electron chi connectivity index (χ4n) is 3.24. The van der Waals surface area contributed by atoms with Crippen LogP contribution in [-0.4, -0.2) is 27.3 Å². The van der Waals surface area contributed by atoms with Gasteiger partial charge in [0, 0.05) is 5.92 Å². The molecule has 126 valence electrons. The average Bonchev–Trinajstić information content (AvgIpc) is 3.10. The van der Waals surface area contributed by atoms with Gasteiger partial charge in [0.1, 0.15) is 12.5 Å². The number of hydrogen-bond acceptors (Lipinski definition) is 5. The lowest BCUT2D eigenvalue weighted by Gasteiger charge is -2.32. The minimum Gasteiger partial charge on any atom is -0.497 e. The molecule has 0 bridgehead atoms. The number of rotatable bonds is 4. The zero-order valence-corrected chi connectivity index (χ0v) is 13.6. The molecule has 2 aliphatic rings. The van der Waals surface area contributed by atoms with Crippen LogP contribution in [0.5, 0.6) is 17.2 Å². The zero-order valence-electron chi connectivity index (χ0n) is 13.6. The van der Waals surface area contributed by atoms with Crippen molar-refractivity contribution in [1.29, 1.82) is 0 Å². The zero-order chi connectivity index (χ0) is 16.4. The Hall–Kier alpha value is -2.24. The quantitative estimate of drug-likeness (QED) is 0.861. The second-order valence-corrected chi connectivity index (χ2v) is 6.00. The van der Waals surface area contributed by atoms with Crippen molar-refractivity contribution in [3.05, 3.63) is 53.6 Å². The lowest BCUT2D eigenvalue weighted by Crippen LogP contribution is -2.29. The number of fused-ring (bicyclic) bond motifs is 1. The third-order valence-electron chi connectivity index (χ3n) is 4.47. The summed E-state index contributed by atoms with van der Waals surface area (Å²) in [5.41, 5.74) is 2.33. The standard InChI is InChI=1S/C19H20O5/c1-20-16-5-3-14(4-6-16)19-15(10-21-11-24-19)8-13-2-7-17-18(9-13)23-12-22-17/h2-7,9,15,19H,8,10-12H2,1H3/t15-,19+/m1/s1. The molecule has 0 radical (unpaired) electrons. The van der Waals surface area contributed by atoms with Gasteiger partial charge in [-0.2, -0.15) is 0 Å². The van der Waals surface area contributed by atoms with E-state index in [4.69, 9.17) is 23.7 Å². The van der Waals surface area contributed by atoms with Crippen LogP contribution in [0.2, 0.25) is 0 Å². The molecular weight excluding hydrogens is 308 g/mol. The molecule has 1 saturated heterocycles. The van der Waals surface area contributed by atoms with Crippen LogP contribution in [0.4, 0.5) is 0 Å². The Morgan fingerprint density at radius 2 is 1.83 bits per heavy atom. The Kier molecular flexibility index (Phi) is 4.28. The molecule has 0 saturated carbocycles. The Labute approximate surface area is 141 Å². The number of ether oxygens (including phenoxy) is 5. The van der Waals surface area contributed by atoms with E-state index in [-0.39, 0.29) is 12.0 Å². The summed E-state index contributed by atoms with van der Waals surface area (Å²) in [6.45, 7) is 1.29. The molecule has 5 nitrogen and oxygen atoms in total. The van der Waals surface area contributed by atoms with Gasteiger partial charge < -0.3 is 23.7 Å². The summed E-state index contributed by atoms with van der Waals surface area (Å²) in [4.78, 5) is 0. The van der Waals surface area contributed by atoms with Gasteiger partial charge in [0.05, 0.1) is 19.8 Å². The van der Waals surface area contributed by atoms with Crippen LogP contribution in [0.15, 0.2) is 42.5 Å². The van der Waals surface area contributed by atoms with Crippen LogP contribution >= 0.6 is 0 Å². The molecule has 0 spiro atoms. The van der Waals surface area contributed by atoms with Gasteiger partial charge in [0.15, 0.2) is 11.5 Å². The predicted molar refractivity (Wildman–Crippen MR) is 87.4 cm³/mol. The Morgan fingerprint density at radius 1 is 1.00 bits per heavy atom. The maximum absolute atomic E-state index is 5.90. The van der Waals surface area contributed by atoms with Gasteiger partial charge in [0.25, 0.3) is 0 Å². The van der Waals surface area contributed by atoms with E-state index in [1.165, 1.54) is 5.56 Å². The number of methoxy groups -OCH3 is 1. The Balaban J connectivity index is 1.53. The summed E-state index contributed by atoms with van der Waals surface area (Å²) in [6.07, 6.45) is 0.864. The molecule has 5 heteroatoms. The smallest absolute Gasteiger partial charge is 0.231 e. The summed E-state index contributed by atoms with van der Waals surface area (Å²) in [5.74, 6) is 2.71. The lowest BCUT2D eigenvalue weighted by atomic mass is 9.89. The van der Waals surface area contributed by atoms with Gasteiger partial charge in [-0.15, -0.1) is 0 Å². The highest BCUT2D eigenvalue weighted by Gasteiger charge is 2.29. The molecule has 0 aromatic heterocycles. The molecular formula is C19H20O5.